The first-order valence-electron chi connectivity index (χ1n) is 10.5. The van der Waals surface area contributed by atoms with Crippen LogP contribution in [0.2, 0.25) is 0 Å². The highest BCUT2D eigenvalue weighted by molar-refractivity contribution is 6.22. The summed E-state index contributed by atoms with van der Waals surface area (Å²) in [5.41, 5.74) is 2.75. The highest BCUT2D eigenvalue weighted by Crippen LogP contribution is 2.27. The lowest BCUT2D eigenvalue weighted by Gasteiger charge is -2.24. The van der Waals surface area contributed by atoms with Crippen LogP contribution in [0.5, 0.6) is 5.75 Å². The molecule has 0 radical (unpaired) electrons. The van der Waals surface area contributed by atoms with E-state index < -0.39 is 23.8 Å². The Balaban J connectivity index is 1.54. The first-order valence-corrected chi connectivity index (χ1v) is 10.5. The molecule has 0 aliphatic carbocycles. The predicted octanol–water partition coefficient (Wildman–Crippen LogP) is 3.91. The number of amides is 2. The fraction of sp³-hybridized carbons (Fsp3) is 0.154. The fourth-order valence-corrected chi connectivity index (χ4v) is 3.70. The summed E-state index contributed by atoms with van der Waals surface area (Å²) in [6.45, 7) is 1.82. The lowest BCUT2D eigenvalue weighted by atomic mass is 10.0. The van der Waals surface area contributed by atoms with Crippen LogP contribution in [0.3, 0.4) is 0 Å². The normalized spacial score (nSPS) is 13.9. The van der Waals surface area contributed by atoms with Gasteiger partial charge in [0.1, 0.15) is 11.8 Å². The minimum Gasteiger partial charge on any atom is -0.508 e. The van der Waals surface area contributed by atoms with Crippen LogP contribution in [0.15, 0.2) is 77.8 Å². The van der Waals surface area contributed by atoms with Crippen molar-refractivity contribution < 1.29 is 24.2 Å². The topological polar surface area (TPSA) is 96.3 Å². The molecule has 4 rings (SSSR count). The second-order valence-electron chi connectivity index (χ2n) is 7.52. The molecule has 3 aromatic carbocycles. The van der Waals surface area contributed by atoms with Crippen LogP contribution in [-0.4, -0.2) is 46.7 Å². The molecule has 1 aliphatic rings. The molecule has 0 fully saturated rings. The number of esters is 1. The minimum absolute atomic E-state index is 0.126. The van der Waals surface area contributed by atoms with Crippen LogP contribution in [-0.2, 0) is 16.0 Å². The number of phenols is 1. The van der Waals surface area contributed by atoms with E-state index >= 15 is 0 Å². The molecule has 1 unspecified atom stereocenters. The Kier molecular flexibility index (Phi) is 6.31. The number of aromatic hydroxyl groups is 1. The van der Waals surface area contributed by atoms with E-state index in [1.54, 1.807) is 79.9 Å². The zero-order chi connectivity index (χ0) is 23.4. The third-order valence-electron chi connectivity index (χ3n) is 5.29. The van der Waals surface area contributed by atoms with Crippen molar-refractivity contribution in [1.29, 1.82) is 0 Å². The third-order valence-corrected chi connectivity index (χ3v) is 5.29. The van der Waals surface area contributed by atoms with E-state index in [-0.39, 0.29) is 29.9 Å². The van der Waals surface area contributed by atoms with E-state index in [9.17, 15) is 19.5 Å². The summed E-state index contributed by atoms with van der Waals surface area (Å²) in [5.74, 6) is -1.47. The zero-order valence-corrected chi connectivity index (χ0v) is 18.0. The number of fused-ring (bicyclic) bond motifs is 1. The van der Waals surface area contributed by atoms with E-state index in [1.165, 1.54) is 0 Å². The van der Waals surface area contributed by atoms with Gasteiger partial charge in [-0.15, -0.1) is 0 Å². The second-order valence-corrected chi connectivity index (χ2v) is 7.52. The number of nitrogens with zero attached hydrogens (tertiary/aromatic N) is 2. The molecule has 1 heterocycles. The molecule has 0 aromatic heterocycles. The van der Waals surface area contributed by atoms with Gasteiger partial charge in [-0.3, -0.25) is 19.5 Å². The van der Waals surface area contributed by atoms with Gasteiger partial charge in [-0.1, -0.05) is 36.4 Å². The molecule has 1 atom stereocenters. The van der Waals surface area contributed by atoms with Gasteiger partial charge in [0.2, 0.25) is 0 Å². The Bertz CT molecular complexity index is 1200. The van der Waals surface area contributed by atoms with E-state index in [4.69, 9.17) is 4.74 Å². The molecule has 1 N–H and O–H groups in total. The molecule has 0 spiro atoms. The van der Waals surface area contributed by atoms with Crippen molar-refractivity contribution in [3.8, 4) is 5.75 Å². The van der Waals surface area contributed by atoms with Crippen LogP contribution < -0.4 is 0 Å². The predicted molar refractivity (Wildman–Crippen MR) is 123 cm³/mol. The van der Waals surface area contributed by atoms with Crippen LogP contribution in [0.4, 0.5) is 5.69 Å². The maximum atomic E-state index is 12.9. The number of benzene rings is 3. The highest BCUT2D eigenvalue weighted by atomic mass is 16.5. The maximum Gasteiger partial charge on any atom is 0.329 e. The first kappa shape index (κ1) is 22.0. The van der Waals surface area contributed by atoms with Gasteiger partial charge in [0, 0.05) is 12.6 Å². The highest BCUT2D eigenvalue weighted by Gasteiger charge is 2.43. The van der Waals surface area contributed by atoms with E-state index in [1.807, 2.05) is 6.07 Å². The molecule has 7 nitrogen and oxygen atoms in total. The number of aliphatic imine (C=N–C) groups is 1. The van der Waals surface area contributed by atoms with Gasteiger partial charge in [-0.25, -0.2) is 4.79 Å². The van der Waals surface area contributed by atoms with Crippen LogP contribution in [0.1, 0.15) is 38.8 Å². The SMILES string of the molecule is CCOC(=O)C(Cc1ccc(N=Cc2cccc(O)c2)cc1)N1C(=O)c2ccccc2C1=O. The van der Waals surface area contributed by atoms with Gasteiger partial charge in [0.25, 0.3) is 11.8 Å². The first-order chi connectivity index (χ1) is 16.0. The van der Waals surface area contributed by atoms with Crippen LogP contribution >= 0.6 is 0 Å². The number of carbonyl (C=O) groups is 3. The smallest absolute Gasteiger partial charge is 0.329 e. The Morgan fingerprint density at radius 1 is 1.00 bits per heavy atom. The Hall–Kier alpha value is -4.26. The largest absolute Gasteiger partial charge is 0.508 e. The summed E-state index contributed by atoms with van der Waals surface area (Å²) in [6, 6.07) is 19.3. The number of hydrogen-bond donors (Lipinski definition) is 1. The summed E-state index contributed by atoms with van der Waals surface area (Å²) in [5, 5.41) is 9.55. The fourth-order valence-electron chi connectivity index (χ4n) is 3.70. The van der Waals surface area contributed by atoms with Crippen molar-refractivity contribution in [3.63, 3.8) is 0 Å². The van der Waals surface area contributed by atoms with Gasteiger partial charge < -0.3 is 9.84 Å². The number of ether oxygens (including phenoxy) is 1. The molecular formula is C26H22N2O5. The molecular weight excluding hydrogens is 420 g/mol. The molecule has 7 heteroatoms. The summed E-state index contributed by atoms with van der Waals surface area (Å²) >= 11 is 0. The average Bonchev–Trinajstić information content (AvgIpc) is 3.07. The molecule has 0 saturated carbocycles. The molecule has 3 aromatic rings. The minimum atomic E-state index is -1.07. The van der Waals surface area contributed by atoms with Crippen LogP contribution in [0, 0.1) is 0 Å². The molecule has 166 valence electrons. The zero-order valence-electron chi connectivity index (χ0n) is 18.0. The third kappa shape index (κ3) is 4.67. The van der Waals surface area contributed by atoms with Crippen molar-refractivity contribution in [2.45, 2.75) is 19.4 Å². The number of imide groups is 1. The van der Waals surface area contributed by atoms with Crippen LogP contribution in [0.25, 0.3) is 0 Å². The van der Waals surface area contributed by atoms with Gasteiger partial charge >= 0.3 is 5.97 Å². The van der Waals surface area contributed by atoms with E-state index in [2.05, 4.69) is 4.99 Å². The average molecular weight is 442 g/mol. The standard InChI is InChI=1S/C26H22N2O5/c1-2-33-26(32)23(28-24(30)21-8-3-4-9-22(21)25(28)31)15-17-10-12-19(13-11-17)27-16-18-6-5-7-20(29)14-18/h3-14,16,23,29H,2,15H2,1H3. The molecule has 2 amide bonds. The maximum absolute atomic E-state index is 12.9. The number of phenolic OH excluding ortho intramolecular Hbond substituents is 1. The Morgan fingerprint density at radius 3 is 2.27 bits per heavy atom. The Labute approximate surface area is 191 Å². The molecule has 0 bridgehead atoms. The van der Waals surface area contributed by atoms with E-state index in [0.717, 1.165) is 16.0 Å². The van der Waals surface area contributed by atoms with Crippen molar-refractivity contribution in [3.05, 3.63) is 95.1 Å². The number of rotatable bonds is 7. The quantitative estimate of drug-likeness (QED) is 0.340. The van der Waals surface area contributed by atoms with Gasteiger partial charge in [0.15, 0.2) is 0 Å². The van der Waals surface area contributed by atoms with E-state index in [0.29, 0.717) is 5.69 Å². The van der Waals surface area contributed by atoms with Crippen molar-refractivity contribution in [2.75, 3.05) is 6.61 Å². The Morgan fingerprint density at radius 2 is 1.67 bits per heavy atom. The summed E-state index contributed by atoms with van der Waals surface area (Å²) in [7, 11) is 0. The molecule has 33 heavy (non-hydrogen) atoms. The number of hydrogen-bond acceptors (Lipinski definition) is 6. The second kappa shape index (κ2) is 9.48. The molecule has 1 aliphatic heterocycles. The summed E-state index contributed by atoms with van der Waals surface area (Å²) in [4.78, 5) is 43.9. The number of carbonyl (C=O) groups excluding carboxylic acids is 3. The monoisotopic (exact) mass is 442 g/mol. The summed E-state index contributed by atoms with van der Waals surface area (Å²) < 4.78 is 5.18. The van der Waals surface area contributed by atoms with Gasteiger partial charge in [0.05, 0.1) is 23.4 Å². The van der Waals surface area contributed by atoms with Crippen molar-refractivity contribution in [1.82, 2.24) is 4.90 Å². The molecule has 0 saturated heterocycles. The lowest BCUT2D eigenvalue weighted by Crippen LogP contribution is -2.47. The summed E-state index contributed by atoms with van der Waals surface area (Å²) in [6.07, 6.45) is 1.76. The lowest BCUT2D eigenvalue weighted by molar-refractivity contribution is -0.147. The van der Waals surface area contributed by atoms with Gasteiger partial charge in [-0.2, -0.15) is 0 Å². The van der Waals surface area contributed by atoms with Gasteiger partial charge in [-0.05, 0) is 54.4 Å². The van der Waals surface area contributed by atoms with Crippen molar-refractivity contribution in [2.24, 2.45) is 4.99 Å². The van der Waals surface area contributed by atoms with Crippen molar-refractivity contribution >= 4 is 29.7 Å².